The van der Waals surface area contributed by atoms with E-state index in [2.05, 4.69) is 11.9 Å². The van der Waals surface area contributed by atoms with E-state index in [0.29, 0.717) is 0 Å². The molecule has 1 N–H and O–H groups in total. The Labute approximate surface area is 62.4 Å². The van der Waals surface area contributed by atoms with Gasteiger partial charge in [0.25, 0.3) is 0 Å². The highest BCUT2D eigenvalue weighted by molar-refractivity contribution is 4.94. The van der Waals surface area contributed by atoms with E-state index in [1.54, 1.807) is 0 Å². The predicted octanol–water partition coefficient (Wildman–Crippen LogP) is 0.894. The van der Waals surface area contributed by atoms with Crippen molar-refractivity contribution in [2.24, 2.45) is 0 Å². The van der Waals surface area contributed by atoms with Gasteiger partial charge in [0.05, 0.1) is 0 Å². The first kappa shape index (κ1) is 6.62. The van der Waals surface area contributed by atoms with Gasteiger partial charge in [-0.3, -0.25) is 5.73 Å². The predicted molar refractivity (Wildman–Crippen MR) is 40.7 cm³/mol. The van der Waals surface area contributed by atoms with Crippen molar-refractivity contribution in [2.45, 2.75) is 43.8 Å². The molecule has 2 bridgehead atoms. The van der Waals surface area contributed by atoms with Crippen LogP contribution in [0.4, 0.5) is 0 Å². The molecule has 2 aliphatic heterocycles. The molecule has 57 valence electrons. The van der Waals surface area contributed by atoms with Crippen LogP contribution in [0.2, 0.25) is 0 Å². The lowest BCUT2D eigenvalue weighted by Gasteiger charge is -2.34. The molecular weight excluding hydrogens is 124 g/mol. The molecule has 0 aromatic rings. The van der Waals surface area contributed by atoms with E-state index in [-0.39, 0.29) is 6.04 Å². The molecule has 0 saturated carbocycles. The van der Waals surface area contributed by atoms with Crippen molar-refractivity contribution < 1.29 is 0 Å². The van der Waals surface area contributed by atoms with Crippen LogP contribution >= 0.6 is 0 Å². The number of nitrogens with one attached hydrogen (secondary N) is 1. The van der Waals surface area contributed by atoms with Gasteiger partial charge in [0.2, 0.25) is 0 Å². The number of fused-ring (bicyclic) bond motifs is 2. The normalized spacial score (nSPS) is 48.0. The second kappa shape index (κ2) is 2.21. The number of piperidine rings is 1. The van der Waals surface area contributed by atoms with Gasteiger partial charge >= 0.3 is 0 Å². The maximum Gasteiger partial charge on any atom is 0.0242 e. The van der Waals surface area contributed by atoms with Crippen LogP contribution < -0.4 is 5.73 Å². The van der Waals surface area contributed by atoms with Crippen molar-refractivity contribution in [3.05, 3.63) is 0 Å². The quantitative estimate of drug-likeness (QED) is 0.489. The zero-order chi connectivity index (χ0) is 7.14. The summed E-state index contributed by atoms with van der Waals surface area (Å²) in [5.74, 6) is 0. The number of hydrogen-bond acceptors (Lipinski definition) is 1. The molecule has 2 atom stereocenters. The third kappa shape index (κ3) is 0.867. The first-order valence-corrected chi connectivity index (χ1v) is 4.20. The van der Waals surface area contributed by atoms with Crippen molar-refractivity contribution in [3.63, 3.8) is 0 Å². The van der Waals surface area contributed by atoms with Gasteiger partial charge in [-0.25, -0.2) is 0 Å². The van der Waals surface area contributed by atoms with E-state index in [1.807, 2.05) is 0 Å². The lowest BCUT2D eigenvalue weighted by Crippen LogP contribution is -2.42. The Morgan fingerprint density at radius 2 is 1.70 bits per heavy atom. The minimum atomic E-state index is 0.244. The van der Waals surface area contributed by atoms with Crippen LogP contribution in [0.15, 0.2) is 0 Å². The molecule has 2 unspecified atom stereocenters. The van der Waals surface area contributed by atoms with Crippen LogP contribution in [-0.4, -0.2) is 30.1 Å². The summed E-state index contributed by atoms with van der Waals surface area (Å²) in [6, 6.07) is 1.75. The third-order valence-corrected chi connectivity index (χ3v) is 3.10. The summed E-state index contributed by atoms with van der Waals surface area (Å²) in [6.07, 6.45) is 4.92. The molecule has 0 aromatic carbocycles. The van der Waals surface area contributed by atoms with E-state index in [9.17, 15) is 0 Å². The molecule has 10 heavy (non-hydrogen) atoms. The third-order valence-electron chi connectivity index (χ3n) is 3.10. The SMILES string of the molecule is CN1C2CCC1CC([NH])C2. The second-order valence-corrected chi connectivity index (χ2v) is 3.72. The molecule has 2 heteroatoms. The van der Waals surface area contributed by atoms with Gasteiger partial charge in [-0.15, -0.1) is 0 Å². The molecular formula is C8H15N2. The van der Waals surface area contributed by atoms with E-state index >= 15 is 0 Å². The van der Waals surface area contributed by atoms with Crippen LogP contribution in [0.3, 0.4) is 0 Å². The van der Waals surface area contributed by atoms with Gasteiger partial charge in [-0.05, 0) is 32.7 Å². The molecule has 2 aliphatic rings. The summed E-state index contributed by atoms with van der Waals surface area (Å²) in [7, 11) is 2.22. The zero-order valence-electron chi connectivity index (χ0n) is 6.51. The summed E-state index contributed by atoms with van der Waals surface area (Å²) < 4.78 is 0. The van der Waals surface area contributed by atoms with E-state index in [0.717, 1.165) is 24.9 Å². The molecule has 0 spiro atoms. The van der Waals surface area contributed by atoms with Gasteiger partial charge in [-0.2, -0.15) is 0 Å². The molecule has 0 aromatic heterocycles. The Bertz CT molecular complexity index is 121. The average Bonchev–Trinajstić information content (AvgIpc) is 2.20. The lowest BCUT2D eigenvalue weighted by molar-refractivity contribution is 0.161. The first-order valence-electron chi connectivity index (χ1n) is 4.20. The largest absolute Gasteiger partial charge is 0.300 e. The van der Waals surface area contributed by atoms with Crippen LogP contribution in [-0.2, 0) is 0 Å². The molecule has 2 fully saturated rings. The van der Waals surface area contributed by atoms with Crippen LogP contribution in [0.1, 0.15) is 25.7 Å². The zero-order valence-corrected chi connectivity index (χ0v) is 6.51. The maximum atomic E-state index is 7.64. The smallest absolute Gasteiger partial charge is 0.0242 e. The number of hydrogen-bond donors (Lipinski definition) is 0. The standard InChI is InChI=1S/C8H15N2/c1-10-7-2-3-8(10)5-6(9)4-7/h6-9H,2-5H2,1H3. The van der Waals surface area contributed by atoms with Crippen molar-refractivity contribution in [3.8, 4) is 0 Å². The molecule has 0 aliphatic carbocycles. The topological polar surface area (TPSA) is 27.0 Å². The minimum Gasteiger partial charge on any atom is -0.300 e. The van der Waals surface area contributed by atoms with Crippen LogP contribution in [0.5, 0.6) is 0 Å². The summed E-state index contributed by atoms with van der Waals surface area (Å²) >= 11 is 0. The number of rotatable bonds is 0. The molecule has 1 radical (unpaired) electrons. The van der Waals surface area contributed by atoms with Gasteiger partial charge in [0, 0.05) is 18.1 Å². The summed E-state index contributed by atoms with van der Waals surface area (Å²) in [5, 5.41) is 0. The molecule has 0 amide bonds. The van der Waals surface area contributed by atoms with Gasteiger partial charge < -0.3 is 4.90 Å². The fourth-order valence-electron chi connectivity index (χ4n) is 2.41. The van der Waals surface area contributed by atoms with Crippen LogP contribution in [0, 0.1) is 0 Å². The maximum absolute atomic E-state index is 7.64. The summed E-state index contributed by atoms with van der Waals surface area (Å²) in [5.41, 5.74) is 7.64. The lowest BCUT2D eigenvalue weighted by atomic mass is 9.99. The summed E-state index contributed by atoms with van der Waals surface area (Å²) in [4.78, 5) is 2.48. The van der Waals surface area contributed by atoms with E-state index in [1.165, 1.54) is 12.8 Å². The Balaban J connectivity index is 2.09. The second-order valence-electron chi connectivity index (χ2n) is 3.72. The fraction of sp³-hybridized carbons (Fsp3) is 1.00. The Kier molecular flexibility index (Phi) is 1.46. The highest BCUT2D eigenvalue weighted by Gasteiger charge is 2.36. The first-order chi connectivity index (χ1) is 4.77. The summed E-state index contributed by atoms with van der Waals surface area (Å²) in [6.45, 7) is 0. The van der Waals surface area contributed by atoms with Crippen molar-refractivity contribution in [2.75, 3.05) is 7.05 Å². The Hall–Kier alpha value is -0.0800. The monoisotopic (exact) mass is 139 g/mol. The highest BCUT2D eigenvalue weighted by atomic mass is 15.2. The molecule has 2 rings (SSSR count). The molecule has 2 heterocycles. The van der Waals surface area contributed by atoms with Gasteiger partial charge in [0.15, 0.2) is 0 Å². The minimum absolute atomic E-state index is 0.244. The fourth-order valence-corrected chi connectivity index (χ4v) is 2.41. The Morgan fingerprint density at radius 1 is 1.20 bits per heavy atom. The van der Waals surface area contributed by atoms with Crippen LogP contribution in [0.25, 0.3) is 0 Å². The van der Waals surface area contributed by atoms with Crippen molar-refractivity contribution >= 4 is 0 Å². The van der Waals surface area contributed by atoms with Crippen molar-refractivity contribution in [1.29, 1.82) is 0 Å². The van der Waals surface area contributed by atoms with Crippen molar-refractivity contribution in [1.82, 2.24) is 10.6 Å². The van der Waals surface area contributed by atoms with E-state index in [4.69, 9.17) is 5.73 Å². The van der Waals surface area contributed by atoms with Gasteiger partial charge in [-0.1, -0.05) is 0 Å². The molecule has 2 nitrogen and oxygen atoms in total. The van der Waals surface area contributed by atoms with E-state index < -0.39 is 0 Å². The highest BCUT2D eigenvalue weighted by Crippen LogP contribution is 2.33. The van der Waals surface area contributed by atoms with Gasteiger partial charge in [0.1, 0.15) is 0 Å². The number of nitrogens with zero attached hydrogens (tertiary/aromatic N) is 1. The average molecular weight is 139 g/mol. The Morgan fingerprint density at radius 3 is 2.20 bits per heavy atom. The molecule has 2 saturated heterocycles.